The monoisotopic (exact) mass is 236 g/mol. The average molecular weight is 236 g/mol. The Bertz CT molecular complexity index is 198. The standard InChI is InChI=1S/C10H20O6/c1-2-3-6(12)7(13)4-8(14)10(16)9(15)5-11/h5-10,12-16H,2-4H2,1H3. The first-order valence-corrected chi connectivity index (χ1v) is 5.29. The molecule has 96 valence electrons. The lowest BCUT2D eigenvalue weighted by Gasteiger charge is -2.24. The fraction of sp³-hybridized carbons (Fsp3) is 0.900. The molecule has 6 heteroatoms. The van der Waals surface area contributed by atoms with Gasteiger partial charge in [-0.25, -0.2) is 0 Å². The molecule has 0 aliphatic carbocycles. The van der Waals surface area contributed by atoms with E-state index >= 15 is 0 Å². The number of aliphatic hydroxyl groups excluding tert-OH is 5. The van der Waals surface area contributed by atoms with Crippen LogP contribution >= 0.6 is 0 Å². The Morgan fingerprint density at radius 2 is 1.56 bits per heavy atom. The van der Waals surface area contributed by atoms with Gasteiger partial charge < -0.3 is 30.3 Å². The van der Waals surface area contributed by atoms with E-state index < -0.39 is 30.5 Å². The molecule has 0 rings (SSSR count). The molecular formula is C10H20O6. The highest BCUT2D eigenvalue weighted by molar-refractivity contribution is 5.56. The predicted molar refractivity (Wildman–Crippen MR) is 55.6 cm³/mol. The molecular weight excluding hydrogens is 216 g/mol. The quantitative estimate of drug-likeness (QED) is 0.317. The van der Waals surface area contributed by atoms with Crippen molar-refractivity contribution < 1.29 is 30.3 Å². The van der Waals surface area contributed by atoms with Crippen LogP contribution in [0.25, 0.3) is 0 Å². The number of hydrogen-bond acceptors (Lipinski definition) is 6. The second kappa shape index (κ2) is 7.70. The fourth-order valence-corrected chi connectivity index (χ4v) is 1.34. The number of aliphatic hydroxyl groups is 5. The van der Waals surface area contributed by atoms with Crippen LogP contribution in [0, 0.1) is 0 Å². The molecule has 16 heavy (non-hydrogen) atoms. The summed E-state index contributed by atoms with van der Waals surface area (Å²) in [6.45, 7) is 1.83. The highest BCUT2D eigenvalue weighted by Crippen LogP contribution is 2.11. The van der Waals surface area contributed by atoms with Crippen molar-refractivity contribution in [3.8, 4) is 0 Å². The molecule has 0 radical (unpaired) electrons. The molecule has 0 aromatic rings. The highest BCUT2D eigenvalue weighted by atomic mass is 16.4. The first-order chi connectivity index (χ1) is 7.43. The summed E-state index contributed by atoms with van der Waals surface area (Å²) >= 11 is 0. The summed E-state index contributed by atoms with van der Waals surface area (Å²) in [6.07, 6.45) is -6.12. The molecule has 0 saturated carbocycles. The average Bonchev–Trinajstić information content (AvgIpc) is 2.26. The molecule has 0 saturated heterocycles. The van der Waals surface area contributed by atoms with Gasteiger partial charge in [-0.2, -0.15) is 0 Å². The minimum Gasteiger partial charge on any atom is -0.390 e. The van der Waals surface area contributed by atoms with Gasteiger partial charge in [0.05, 0.1) is 18.3 Å². The van der Waals surface area contributed by atoms with E-state index in [9.17, 15) is 25.2 Å². The minimum absolute atomic E-state index is 0.0999. The zero-order chi connectivity index (χ0) is 12.7. The van der Waals surface area contributed by atoms with E-state index in [1.165, 1.54) is 0 Å². The summed E-state index contributed by atoms with van der Waals surface area (Å²) in [6, 6.07) is 0. The van der Waals surface area contributed by atoms with E-state index in [4.69, 9.17) is 5.11 Å². The van der Waals surface area contributed by atoms with Gasteiger partial charge in [0.15, 0.2) is 6.29 Å². The molecule has 0 aliphatic heterocycles. The van der Waals surface area contributed by atoms with E-state index in [-0.39, 0.29) is 12.7 Å². The Morgan fingerprint density at radius 3 is 2.00 bits per heavy atom. The lowest BCUT2D eigenvalue weighted by atomic mass is 9.98. The van der Waals surface area contributed by atoms with Gasteiger partial charge in [0.25, 0.3) is 0 Å². The van der Waals surface area contributed by atoms with E-state index in [1.807, 2.05) is 6.92 Å². The van der Waals surface area contributed by atoms with Gasteiger partial charge in [0, 0.05) is 6.42 Å². The van der Waals surface area contributed by atoms with Crippen molar-refractivity contribution in [1.29, 1.82) is 0 Å². The van der Waals surface area contributed by atoms with Crippen LogP contribution in [0.3, 0.4) is 0 Å². The number of carbonyl (C=O) groups is 1. The van der Waals surface area contributed by atoms with Gasteiger partial charge >= 0.3 is 0 Å². The third kappa shape index (κ3) is 5.00. The molecule has 6 nitrogen and oxygen atoms in total. The predicted octanol–water partition coefficient (Wildman–Crippen LogP) is -1.82. The molecule has 0 aliphatic rings. The van der Waals surface area contributed by atoms with Crippen molar-refractivity contribution >= 4 is 6.29 Å². The van der Waals surface area contributed by atoms with Crippen molar-refractivity contribution in [3.05, 3.63) is 0 Å². The van der Waals surface area contributed by atoms with Crippen molar-refractivity contribution in [2.24, 2.45) is 0 Å². The first-order valence-electron chi connectivity index (χ1n) is 5.29. The molecule has 5 N–H and O–H groups in total. The van der Waals surface area contributed by atoms with E-state index in [2.05, 4.69) is 0 Å². The SMILES string of the molecule is CCCC(O)C(O)CC(O)C(O)C(O)C=O. The summed E-state index contributed by atoms with van der Waals surface area (Å²) < 4.78 is 0. The van der Waals surface area contributed by atoms with Crippen LogP contribution in [-0.2, 0) is 4.79 Å². The highest BCUT2D eigenvalue weighted by Gasteiger charge is 2.28. The topological polar surface area (TPSA) is 118 Å². The third-order valence-corrected chi connectivity index (χ3v) is 2.40. The first kappa shape index (κ1) is 15.5. The lowest BCUT2D eigenvalue weighted by Crippen LogP contribution is -2.42. The van der Waals surface area contributed by atoms with Crippen molar-refractivity contribution in [3.63, 3.8) is 0 Å². The van der Waals surface area contributed by atoms with Gasteiger partial charge in [-0.15, -0.1) is 0 Å². The van der Waals surface area contributed by atoms with E-state index in [1.54, 1.807) is 0 Å². The summed E-state index contributed by atoms with van der Waals surface area (Å²) in [5.74, 6) is 0. The molecule has 0 amide bonds. The van der Waals surface area contributed by atoms with Crippen LogP contribution in [-0.4, -0.2) is 62.3 Å². The molecule has 5 unspecified atom stereocenters. The van der Waals surface area contributed by atoms with Crippen molar-refractivity contribution in [2.75, 3.05) is 0 Å². The van der Waals surface area contributed by atoms with Gasteiger partial charge in [0.1, 0.15) is 12.2 Å². The molecule has 0 aromatic heterocycles. The molecule has 0 aromatic carbocycles. The Labute approximate surface area is 94.2 Å². The molecule has 0 spiro atoms. The maximum Gasteiger partial charge on any atom is 0.151 e. The number of rotatable bonds is 8. The molecule has 0 fully saturated rings. The Kier molecular flexibility index (Phi) is 7.44. The maximum absolute atomic E-state index is 10.1. The number of carbonyl (C=O) groups excluding carboxylic acids is 1. The maximum atomic E-state index is 10.1. The Hall–Kier alpha value is -0.530. The summed E-state index contributed by atoms with van der Waals surface area (Å²) in [5.41, 5.74) is 0. The van der Waals surface area contributed by atoms with Crippen LogP contribution in [0.1, 0.15) is 26.2 Å². The summed E-state index contributed by atoms with van der Waals surface area (Å²) in [4.78, 5) is 10.1. The zero-order valence-electron chi connectivity index (χ0n) is 9.23. The van der Waals surface area contributed by atoms with Gasteiger partial charge in [-0.05, 0) is 6.42 Å². The smallest absolute Gasteiger partial charge is 0.151 e. The van der Waals surface area contributed by atoms with Crippen molar-refractivity contribution in [2.45, 2.75) is 56.7 Å². The van der Waals surface area contributed by atoms with Crippen LogP contribution in [0.2, 0.25) is 0 Å². The van der Waals surface area contributed by atoms with Crippen LogP contribution in [0.4, 0.5) is 0 Å². The summed E-state index contributed by atoms with van der Waals surface area (Å²) in [7, 11) is 0. The third-order valence-electron chi connectivity index (χ3n) is 2.40. The number of hydrogen-bond donors (Lipinski definition) is 5. The van der Waals surface area contributed by atoms with E-state index in [0.717, 1.165) is 0 Å². The lowest BCUT2D eigenvalue weighted by molar-refractivity contribution is -0.129. The van der Waals surface area contributed by atoms with Crippen LogP contribution in [0.5, 0.6) is 0 Å². The number of aldehydes is 1. The zero-order valence-corrected chi connectivity index (χ0v) is 9.23. The van der Waals surface area contributed by atoms with E-state index in [0.29, 0.717) is 12.8 Å². The van der Waals surface area contributed by atoms with Crippen LogP contribution in [0.15, 0.2) is 0 Å². The summed E-state index contributed by atoms with van der Waals surface area (Å²) in [5, 5.41) is 46.3. The molecule has 0 heterocycles. The molecule has 0 bridgehead atoms. The second-order valence-corrected chi connectivity index (χ2v) is 3.84. The molecule has 5 atom stereocenters. The Morgan fingerprint density at radius 1 is 1.00 bits per heavy atom. The minimum atomic E-state index is -1.69. The Balaban J connectivity index is 4.11. The van der Waals surface area contributed by atoms with Crippen LogP contribution < -0.4 is 0 Å². The van der Waals surface area contributed by atoms with Gasteiger partial charge in [0.2, 0.25) is 0 Å². The normalized spacial score (nSPS) is 20.9. The van der Waals surface area contributed by atoms with Gasteiger partial charge in [-0.1, -0.05) is 13.3 Å². The van der Waals surface area contributed by atoms with Crippen molar-refractivity contribution in [1.82, 2.24) is 0 Å². The van der Waals surface area contributed by atoms with Gasteiger partial charge in [-0.3, -0.25) is 0 Å². The fourth-order valence-electron chi connectivity index (χ4n) is 1.34. The largest absolute Gasteiger partial charge is 0.390 e. The second-order valence-electron chi connectivity index (χ2n) is 3.84.